The van der Waals surface area contributed by atoms with Gasteiger partial charge in [-0.05, 0) is 25.0 Å². The molecule has 3 rings (SSSR count). The number of rotatable bonds is 1. The Kier molecular flexibility index (Phi) is 2.64. The molecule has 1 aromatic rings. The highest BCUT2D eigenvalue weighted by Crippen LogP contribution is 2.47. The van der Waals surface area contributed by atoms with Gasteiger partial charge in [0.15, 0.2) is 0 Å². The summed E-state index contributed by atoms with van der Waals surface area (Å²) in [4.78, 5) is 0.222. The Morgan fingerprint density at radius 1 is 1.06 bits per heavy atom. The predicted octanol–water partition coefficient (Wildman–Crippen LogP) is 3.84. The van der Waals surface area contributed by atoms with Gasteiger partial charge in [-0.25, -0.2) is 5.01 Å². The summed E-state index contributed by atoms with van der Waals surface area (Å²) in [5.74, 6) is 0. The monoisotopic (exact) mass is 232 g/mol. The second-order valence-corrected chi connectivity index (χ2v) is 5.70. The van der Waals surface area contributed by atoms with Crippen LogP contribution in [0.1, 0.15) is 32.1 Å². The van der Waals surface area contributed by atoms with Gasteiger partial charge in [0.2, 0.25) is 0 Å². The first-order valence-corrected chi connectivity index (χ1v) is 6.84. The molecule has 1 aliphatic heterocycles. The van der Waals surface area contributed by atoms with E-state index in [1.54, 1.807) is 0 Å². The number of anilines is 1. The van der Waals surface area contributed by atoms with Crippen molar-refractivity contribution >= 4 is 23.0 Å². The smallest absolute Gasteiger partial charge is 0.114 e. The summed E-state index contributed by atoms with van der Waals surface area (Å²) in [5.41, 5.74) is 3.24. The maximum Gasteiger partial charge on any atom is 0.114 e. The fraction of sp³-hybridized carbons (Fsp3) is 0.462. The van der Waals surface area contributed by atoms with E-state index in [2.05, 4.69) is 40.4 Å². The van der Waals surface area contributed by atoms with Crippen LogP contribution in [0.5, 0.6) is 0 Å². The van der Waals surface area contributed by atoms with Crippen molar-refractivity contribution in [3.63, 3.8) is 0 Å². The van der Waals surface area contributed by atoms with Crippen LogP contribution in [0.15, 0.2) is 35.4 Å². The van der Waals surface area contributed by atoms with Gasteiger partial charge in [0.25, 0.3) is 0 Å². The average Bonchev–Trinajstić information content (AvgIpc) is 2.75. The van der Waals surface area contributed by atoms with Crippen molar-refractivity contribution in [3.05, 3.63) is 30.3 Å². The minimum absolute atomic E-state index is 0.222. The molecule has 0 unspecified atom stereocenters. The predicted molar refractivity (Wildman–Crippen MR) is 70.8 cm³/mol. The fourth-order valence-electron chi connectivity index (χ4n) is 2.63. The molecule has 0 bridgehead atoms. The molecule has 1 aliphatic carbocycles. The van der Waals surface area contributed by atoms with E-state index in [4.69, 9.17) is 0 Å². The summed E-state index contributed by atoms with van der Waals surface area (Å²) in [6, 6.07) is 10.5. The summed E-state index contributed by atoms with van der Waals surface area (Å²) < 4.78 is 0. The number of thioether (sulfide) groups is 1. The van der Waals surface area contributed by atoms with Crippen molar-refractivity contribution in [3.8, 4) is 0 Å². The third-order valence-electron chi connectivity index (χ3n) is 3.46. The SMILES string of the molecule is C1=NN(c2ccccc2)C2(CCCCC2)S1. The minimum Gasteiger partial charge on any atom is -0.249 e. The first-order valence-electron chi connectivity index (χ1n) is 5.96. The first-order chi connectivity index (χ1) is 7.91. The topological polar surface area (TPSA) is 15.6 Å². The lowest BCUT2D eigenvalue weighted by atomic mass is 9.94. The van der Waals surface area contributed by atoms with Gasteiger partial charge in [0, 0.05) is 0 Å². The Hall–Kier alpha value is -0.960. The summed E-state index contributed by atoms with van der Waals surface area (Å²) in [6.07, 6.45) is 6.56. The summed E-state index contributed by atoms with van der Waals surface area (Å²) in [5, 5.41) is 6.79. The Morgan fingerprint density at radius 2 is 1.81 bits per heavy atom. The van der Waals surface area contributed by atoms with Crippen LogP contribution in [0, 0.1) is 0 Å². The molecule has 0 N–H and O–H groups in total. The van der Waals surface area contributed by atoms with Crippen LogP contribution in [0.2, 0.25) is 0 Å². The zero-order chi connectivity index (χ0) is 10.8. The fourth-order valence-corrected chi connectivity index (χ4v) is 3.74. The van der Waals surface area contributed by atoms with E-state index in [0.717, 1.165) is 0 Å². The summed E-state index contributed by atoms with van der Waals surface area (Å²) in [6.45, 7) is 0. The standard InChI is InChI=1S/C13H16N2S/c1-3-7-12(8-4-1)15-13(16-11-14-15)9-5-2-6-10-13/h1,3-4,7-8,11H,2,5-6,9-10H2. The lowest BCUT2D eigenvalue weighted by molar-refractivity contribution is 0.389. The Balaban J connectivity index is 1.91. The first kappa shape index (κ1) is 10.2. The number of benzene rings is 1. The molecule has 1 heterocycles. The van der Waals surface area contributed by atoms with Crippen LogP contribution < -0.4 is 5.01 Å². The van der Waals surface area contributed by atoms with Gasteiger partial charge < -0.3 is 0 Å². The van der Waals surface area contributed by atoms with Crippen LogP contribution in [-0.2, 0) is 0 Å². The van der Waals surface area contributed by atoms with Crippen LogP contribution in [0.25, 0.3) is 0 Å². The van der Waals surface area contributed by atoms with E-state index in [0.29, 0.717) is 0 Å². The molecule has 0 atom stereocenters. The summed E-state index contributed by atoms with van der Waals surface area (Å²) in [7, 11) is 0. The van der Waals surface area contributed by atoms with Crippen molar-refractivity contribution < 1.29 is 0 Å². The highest BCUT2D eigenvalue weighted by atomic mass is 32.2. The molecule has 3 heteroatoms. The Bertz CT molecular complexity index is 382. The number of hydrazone groups is 1. The highest BCUT2D eigenvalue weighted by molar-refractivity contribution is 8.13. The van der Waals surface area contributed by atoms with Gasteiger partial charge in [-0.2, -0.15) is 5.10 Å². The van der Waals surface area contributed by atoms with Gasteiger partial charge in [-0.1, -0.05) is 49.2 Å². The van der Waals surface area contributed by atoms with E-state index in [9.17, 15) is 0 Å². The zero-order valence-electron chi connectivity index (χ0n) is 9.30. The van der Waals surface area contributed by atoms with Crippen molar-refractivity contribution in [2.24, 2.45) is 5.10 Å². The molecule has 1 spiro atoms. The molecule has 1 aromatic carbocycles. The number of hydrogen-bond donors (Lipinski definition) is 0. The molecule has 1 saturated carbocycles. The van der Waals surface area contributed by atoms with E-state index in [-0.39, 0.29) is 4.87 Å². The molecule has 0 aromatic heterocycles. The molecule has 0 saturated heterocycles. The molecule has 0 radical (unpaired) electrons. The van der Waals surface area contributed by atoms with Crippen molar-refractivity contribution in [1.82, 2.24) is 0 Å². The molecule has 1 fully saturated rings. The normalized spacial score (nSPS) is 22.9. The maximum atomic E-state index is 4.55. The average molecular weight is 232 g/mol. The lowest BCUT2D eigenvalue weighted by Gasteiger charge is -2.39. The third kappa shape index (κ3) is 1.63. The quantitative estimate of drug-likeness (QED) is 0.731. The molecular weight excluding hydrogens is 216 g/mol. The second-order valence-electron chi connectivity index (χ2n) is 4.49. The molecule has 2 aliphatic rings. The van der Waals surface area contributed by atoms with Gasteiger partial charge >= 0.3 is 0 Å². The van der Waals surface area contributed by atoms with Crippen molar-refractivity contribution in [2.75, 3.05) is 5.01 Å². The third-order valence-corrected chi connectivity index (χ3v) is 4.68. The Morgan fingerprint density at radius 3 is 2.56 bits per heavy atom. The van der Waals surface area contributed by atoms with Crippen LogP contribution in [0.3, 0.4) is 0 Å². The van der Waals surface area contributed by atoms with Crippen molar-refractivity contribution in [1.29, 1.82) is 0 Å². The summed E-state index contributed by atoms with van der Waals surface area (Å²) >= 11 is 1.90. The van der Waals surface area contributed by atoms with Crippen LogP contribution in [-0.4, -0.2) is 10.4 Å². The Labute approximate surface area is 101 Å². The number of hydrogen-bond acceptors (Lipinski definition) is 3. The van der Waals surface area contributed by atoms with Crippen LogP contribution in [0.4, 0.5) is 5.69 Å². The minimum atomic E-state index is 0.222. The highest BCUT2D eigenvalue weighted by Gasteiger charge is 2.41. The van der Waals surface area contributed by atoms with Gasteiger partial charge in [0.1, 0.15) is 4.87 Å². The zero-order valence-corrected chi connectivity index (χ0v) is 10.1. The van der Waals surface area contributed by atoms with Crippen molar-refractivity contribution in [2.45, 2.75) is 37.0 Å². The molecule has 2 nitrogen and oxygen atoms in total. The largest absolute Gasteiger partial charge is 0.249 e. The lowest BCUT2D eigenvalue weighted by Crippen LogP contribution is -2.41. The number of para-hydroxylation sites is 1. The molecule has 0 amide bonds. The van der Waals surface area contributed by atoms with E-state index in [1.807, 2.05) is 17.3 Å². The van der Waals surface area contributed by atoms with E-state index < -0.39 is 0 Å². The second kappa shape index (κ2) is 4.13. The van der Waals surface area contributed by atoms with E-state index >= 15 is 0 Å². The van der Waals surface area contributed by atoms with Gasteiger partial charge in [-0.15, -0.1) is 0 Å². The molecular formula is C13H16N2S. The maximum absolute atomic E-state index is 4.55. The molecule has 16 heavy (non-hydrogen) atoms. The van der Waals surface area contributed by atoms with Gasteiger partial charge in [0.05, 0.1) is 11.2 Å². The number of nitrogens with zero attached hydrogens (tertiary/aromatic N) is 2. The van der Waals surface area contributed by atoms with Gasteiger partial charge in [-0.3, -0.25) is 0 Å². The molecule has 84 valence electrons. The van der Waals surface area contributed by atoms with Crippen LogP contribution >= 0.6 is 11.8 Å². The van der Waals surface area contributed by atoms with E-state index in [1.165, 1.54) is 37.8 Å².